The van der Waals surface area contributed by atoms with Crippen molar-refractivity contribution in [2.75, 3.05) is 19.6 Å². The Labute approximate surface area is 88.3 Å². The molecule has 14 heavy (non-hydrogen) atoms. The Balaban J connectivity index is 2.27. The smallest absolute Gasteiger partial charge is 0.0603 e. The summed E-state index contributed by atoms with van der Waals surface area (Å²) in [6.07, 6.45) is 2.20. The molecule has 0 amide bonds. The van der Waals surface area contributed by atoms with Crippen molar-refractivity contribution in [3.63, 3.8) is 0 Å². The third kappa shape index (κ3) is 3.97. The molecule has 2 nitrogen and oxygen atoms in total. The summed E-state index contributed by atoms with van der Waals surface area (Å²) in [5, 5.41) is 9.64. The van der Waals surface area contributed by atoms with Gasteiger partial charge in [0.25, 0.3) is 0 Å². The lowest BCUT2D eigenvalue weighted by Crippen LogP contribution is -2.40. The monoisotopic (exact) mass is 199 g/mol. The summed E-state index contributed by atoms with van der Waals surface area (Å²) in [5.41, 5.74) is -0.508. The molecule has 2 heteroatoms. The van der Waals surface area contributed by atoms with Crippen LogP contribution in [0.5, 0.6) is 0 Å². The van der Waals surface area contributed by atoms with E-state index in [1.807, 2.05) is 13.8 Å². The maximum atomic E-state index is 9.64. The van der Waals surface area contributed by atoms with Crippen molar-refractivity contribution in [3.05, 3.63) is 0 Å². The quantitative estimate of drug-likeness (QED) is 0.752. The molecule has 0 aliphatic carbocycles. The molecule has 1 fully saturated rings. The first-order valence-electron chi connectivity index (χ1n) is 5.83. The van der Waals surface area contributed by atoms with E-state index in [-0.39, 0.29) is 0 Å². The molecule has 1 rings (SSSR count). The highest BCUT2D eigenvalue weighted by Gasteiger charge is 2.23. The highest BCUT2D eigenvalue weighted by Crippen LogP contribution is 2.23. The lowest BCUT2D eigenvalue weighted by Gasteiger charge is -2.36. The fraction of sp³-hybridized carbons (Fsp3) is 1.00. The zero-order chi connectivity index (χ0) is 10.8. The summed E-state index contributed by atoms with van der Waals surface area (Å²) < 4.78 is 0. The molecule has 1 saturated heterocycles. The SMILES string of the molecule is CC1CCN(CCC(C)(C)O)CC1C. The van der Waals surface area contributed by atoms with Crippen LogP contribution in [0.2, 0.25) is 0 Å². The van der Waals surface area contributed by atoms with Crippen LogP contribution in [0.4, 0.5) is 0 Å². The van der Waals surface area contributed by atoms with Gasteiger partial charge in [-0.2, -0.15) is 0 Å². The first-order valence-corrected chi connectivity index (χ1v) is 5.83. The summed E-state index contributed by atoms with van der Waals surface area (Å²) in [5.74, 6) is 1.68. The largest absolute Gasteiger partial charge is 0.390 e. The van der Waals surface area contributed by atoms with Crippen molar-refractivity contribution in [1.82, 2.24) is 4.90 Å². The van der Waals surface area contributed by atoms with Gasteiger partial charge >= 0.3 is 0 Å². The van der Waals surface area contributed by atoms with E-state index < -0.39 is 5.60 Å². The van der Waals surface area contributed by atoms with E-state index in [0.29, 0.717) is 0 Å². The van der Waals surface area contributed by atoms with Crippen LogP contribution in [0.1, 0.15) is 40.5 Å². The molecule has 2 atom stereocenters. The molecule has 2 unspecified atom stereocenters. The van der Waals surface area contributed by atoms with Crippen LogP contribution >= 0.6 is 0 Å². The summed E-state index contributed by atoms with van der Waals surface area (Å²) in [6, 6.07) is 0. The van der Waals surface area contributed by atoms with Gasteiger partial charge in [0, 0.05) is 13.1 Å². The molecule has 1 heterocycles. The van der Waals surface area contributed by atoms with Crippen LogP contribution in [0.25, 0.3) is 0 Å². The molecule has 1 aliphatic rings. The minimum Gasteiger partial charge on any atom is -0.390 e. The maximum absolute atomic E-state index is 9.64. The van der Waals surface area contributed by atoms with Crippen molar-refractivity contribution in [3.8, 4) is 0 Å². The van der Waals surface area contributed by atoms with Crippen molar-refractivity contribution < 1.29 is 5.11 Å². The molecule has 1 aliphatic heterocycles. The summed E-state index contributed by atoms with van der Waals surface area (Å²) in [7, 11) is 0. The Kier molecular flexibility index (Phi) is 3.96. The standard InChI is InChI=1S/C12H25NO/c1-10-5-7-13(9-11(10)2)8-6-12(3,4)14/h10-11,14H,5-9H2,1-4H3. The molecular formula is C12H25NO. The number of rotatable bonds is 3. The predicted octanol–water partition coefficient (Wildman–Crippen LogP) is 2.13. The Morgan fingerprint density at radius 2 is 1.93 bits per heavy atom. The summed E-state index contributed by atoms with van der Waals surface area (Å²) in [6.45, 7) is 11.9. The van der Waals surface area contributed by atoms with Gasteiger partial charge < -0.3 is 10.0 Å². The van der Waals surface area contributed by atoms with Gasteiger partial charge in [0.15, 0.2) is 0 Å². The third-order valence-electron chi connectivity index (χ3n) is 3.46. The lowest BCUT2D eigenvalue weighted by atomic mass is 9.88. The second-order valence-electron chi connectivity index (χ2n) is 5.61. The average molecular weight is 199 g/mol. The van der Waals surface area contributed by atoms with Gasteiger partial charge in [0.05, 0.1) is 5.60 Å². The van der Waals surface area contributed by atoms with Gasteiger partial charge in [-0.25, -0.2) is 0 Å². The highest BCUT2D eigenvalue weighted by molar-refractivity contribution is 4.77. The molecule has 0 bridgehead atoms. The van der Waals surface area contributed by atoms with Crippen LogP contribution in [0, 0.1) is 11.8 Å². The van der Waals surface area contributed by atoms with Crippen LogP contribution in [0.3, 0.4) is 0 Å². The zero-order valence-corrected chi connectivity index (χ0v) is 10.1. The Bertz CT molecular complexity index is 174. The van der Waals surface area contributed by atoms with Gasteiger partial charge in [-0.3, -0.25) is 0 Å². The van der Waals surface area contributed by atoms with E-state index in [1.165, 1.54) is 19.5 Å². The number of aliphatic hydroxyl groups is 1. The number of hydrogen-bond acceptors (Lipinski definition) is 2. The highest BCUT2D eigenvalue weighted by atomic mass is 16.3. The van der Waals surface area contributed by atoms with E-state index >= 15 is 0 Å². The van der Waals surface area contributed by atoms with Crippen molar-refractivity contribution in [1.29, 1.82) is 0 Å². The Hall–Kier alpha value is -0.0800. The second kappa shape index (κ2) is 4.63. The average Bonchev–Trinajstić information content (AvgIpc) is 2.06. The van der Waals surface area contributed by atoms with Crippen LogP contribution < -0.4 is 0 Å². The van der Waals surface area contributed by atoms with E-state index in [9.17, 15) is 5.11 Å². The molecule has 0 aromatic rings. The minimum absolute atomic E-state index is 0.508. The molecule has 0 aromatic heterocycles. The van der Waals surface area contributed by atoms with E-state index in [0.717, 1.165) is 24.8 Å². The molecule has 0 radical (unpaired) electrons. The Morgan fingerprint density at radius 1 is 1.29 bits per heavy atom. The molecule has 1 N–H and O–H groups in total. The van der Waals surface area contributed by atoms with Gasteiger partial charge in [-0.15, -0.1) is 0 Å². The van der Waals surface area contributed by atoms with Crippen LogP contribution in [-0.2, 0) is 0 Å². The van der Waals surface area contributed by atoms with Crippen molar-refractivity contribution in [2.24, 2.45) is 11.8 Å². The second-order valence-corrected chi connectivity index (χ2v) is 5.61. The topological polar surface area (TPSA) is 23.5 Å². The van der Waals surface area contributed by atoms with Crippen molar-refractivity contribution in [2.45, 2.75) is 46.1 Å². The third-order valence-corrected chi connectivity index (χ3v) is 3.46. The summed E-state index contributed by atoms with van der Waals surface area (Å²) >= 11 is 0. The number of piperidine rings is 1. The summed E-state index contributed by atoms with van der Waals surface area (Å²) in [4.78, 5) is 2.49. The number of nitrogens with zero attached hydrogens (tertiary/aromatic N) is 1. The molecule has 0 spiro atoms. The van der Waals surface area contributed by atoms with Gasteiger partial charge in [-0.1, -0.05) is 13.8 Å². The van der Waals surface area contributed by atoms with Crippen LogP contribution in [0.15, 0.2) is 0 Å². The number of hydrogen-bond donors (Lipinski definition) is 1. The van der Waals surface area contributed by atoms with Gasteiger partial charge in [0.2, 0.25) is 0 Å². The normalized spacial score (nSPS) is 30.6. The molecule has 0 saturated carbocycles. The lowest BCUT2D eigenvalue weighted by molar-refractivity contribution is 0.0462. The predicted molar refractivity (Wildman–Crippen MR) is 60.3 cm³/mol. The molecule has 84 valence electrons. The fourth-order valence-corrected chi connectivity index (χ4v) is 1.98. The molecule has 0 aromatic carbocycles. The van der Waals surface area contributed by atoms with Gasteiger partial charge in [0.1, 0.15) is 0 Å². The fourth-order valence-electron chi connectivity index (χ4n) is 1.98. The number of likely N-dealkylation sites (tertiary alicyclic amines) is 1. The van der Waals surface area contributed by atoms with E-state index in [4.69, 9.17) is 0 Å². The van der Waals surface area contributed by atoms with Crippen LogP contribution in [-0.4, -0.2) is 35.2 Å². The van der Waals surface area contributed by atoms with E-state index in [1.54, 1.807) is 0 Å². The maximum Gasteiger partial charge on any atom is 0.0603 e. The molecular weight excluding hydrogens is 174 g/mol. The Morgan fingerprint density at radius 3 is 2.43 bits per heavy atom. The first-order chi connectivity index (χ1) is 6.38. The van der Waals surface area contributed by atoms with Crippen molar-refractivity contribution >= 4 is 0 Å². The van der Waals surface area contributed by atoms with E-state index in [2.05, 4.69) is 18.7 Å². The van der Waals surface area contributed by atoms with Gasteiger partial charge in [-0.05, 0) is 45.1 Å². The first kappa shape index (κ1) is 12.0. The zero-order valence-electron chi connectivity index (χ0n) is 10.1. The minimum atomic E-state index is -0.508.